The number of ether oxygens (including phenoxy) is 1. The molecule has 27 heavy (non-hydrogen) atoms. The van der Waals surface area contributed by atoms with Gasteiger partial charge in [-0.15, -0.1) is 24.0 Å². The molecule has 2 aromatic carbocycles. The van der Waals surface area contributed by atoms with Crippen LogP contribution in [0.1, 0.15) is 39.5 Å². The van der Waals surface area contributed by atoms with E-state index in [4.69, 9.17) is 10.5 Å². The number of fused-ring (bicyclic) bond motifs is 2. The van der Waals surface area contributed by atoms with Gasteiger partial charge < -0.3 is 21.1 Å². The molecule has 4 N–H and O–H groups in total. The van der Waals surface area contributed by atoms with Gasteiger partial charge in [0.1, 0.15) is 5.75 Å². The van der Waals surface area contributed by atoms with E-state index in [2.05, 4.69) is 15.6 Å². The van der Waals surface area contributed by atoms with E-state index in [1.807, 2.05) is 42.5 Å². The molecule has 2 aliphatic rings. The summed E-state index contributed by atoms with van der Waals surface area (Å²) in [5, 5.41) is 6.16. The van der Waals surface area contributed by atoms with Crippen LogP contribution in [0.25, 0.3) is 0 Å². The topological polar surface area (TPSA) is 88.7 Å². The molecule has 0 aromatic heterocycles. The van der Waals surface area contributed by atoms with E-state index in [1.165, 1.54) is 0 Å². The first-order valence-corrected chi connectivity index (χ1v) is 8.89. The fourth-order valence-corrected chi connectivity index (χ4v) is 3.45. The normalized spacial score (nSPS) is 18.3. The molecule has 1 amide bonds. The van der Waals surface area contributed by atoms with E-state index in [1.54, 1.807) is 0 Å². The van der Waals surface area contributed by atoms with Gasteiger partial charge in [0, 0.05) is 24.1 Å². The number of carbonyl (C=O) groups is 1. The number of carbonyl (C=O) groups excluding carboxylic acids is 1. The average molecular weight is 478 g/mol. The third-order valence-corrected chi connectivity index (χ3v) is 4.81. The van der Waals surface area contributed by atoms with Crippen molar-refractivity contribution >= 4 is 35.8 Å². The third kappa shape index (κ3) is 4.35. The van der Waals surface area contributed by atoms with E-state index in [-0.39, 0.29) is 35.9 Å². The molecular weight excluding hydrogens is 455 g/mol. The van der Waals surface area contributed by atoms with Crippen LogP contribution < -0.4 is 21.1 Å². The second-order valence-corrected chi connectivity index (χ2v) is 6.57. The molecule has 0 spiro atoms. The van der Waals surface area contributed by atoms with Crippen molar-refractivity contribution in [2.24, 2.45) is 10.7 Å². The average Bonchev–Trinajstić information content (AvgIpc) is 2.67. The van der Waals surface area contributed by atoms with Crippen LogP contribution in [0.15, 0.2) is 47.5 Å². The number of halogens is 1. The molecule has 142 valence electrons. The Hall–Kier alpha value is -2.29. The van der Waals surface area contributed by atoms with Crippen molar-refractivity contribution in [3.8, 4) is 5.75 Å². The van der Waals surface area contributed by atoms with Crippen molar-refractivity contribution in [1.82, 2.24) is 10.6 Å². The number of guanidine groups is 1. The number of nitrogens with one attached hydrogen (secondary N) is 2. The highest BCUT2D eigenvalue weighted by Gasteiger charge is 2.21. The number of nitrogens with zero attached hydrogens (tertiary/aromatic N) is 1. The Morgan fingerprint density at radius 2 is 2.15 bits per heavy atom. The van der Waals surface area contributed by atoms with Crippen LogP contribution in [0.2, 0.25) is 0 Å². The highest BCUT2D eigenvalue weighted by atomic mass is 127. The number of para-hydroxylation sites is 1. The van der Waals surface area contributed by atoms with E-state index in [0.717, 1.165) is 40.8 Å². The van der Waals surface area contributed by atoms with Crippen LogP contribution in [0.3, 0.4) is 0 Å². The lowest BCUT2D eigenvalue weighted by molar-refractivity contribution is 0.0946. The first-order chi connectivity index (χ1) is 12.7. The Morgan fingerprint density at radius 3 is 3.04 bits per heavy atom. The maximum absolute atomic E-state index is 12.0. The van der Waals surface area contributed by atoms with Gasteiger partial charge in [-0.25, -0.2) is 4.99 Å². The van der Waals surface area contributed by atoms with Gasteiger partial charge in [0.15, 0.2) is 5.96 Å². The van der Waals surface area contributed by atoms with Gasteiger partial charge >= 0.3 is 0 Å². The van der Waals surface area contributed by atoms with Crippen LogP contribution in [-0.4, -0.2) is 25.0 Å². The number of hydrogen-bond acceptors (Lipinski definition) is 3. The summed E-state index contributed by atoms with van der Waals surface area (Å²) >= 11 is 0. The molecule has 4 rings (SSSR count). The van der Waals surface area contributed by atoms with Gasteiger partial charge in [0.25, 0.3) is 5.91 Å². The van der Waals surface area contributed by atoms with Gasteiger partial charge in [-0.2, -0.15) is 0 Å². The van der Waals surface area contributed by atoms with E-state index in [9.17, 15) is 4.79 Å². The van der Waals surface area contributed by atoms with E-state index >= 15 is 0 Å². The molecule has 0 fully saturated rings. The molecule has 2 heterocycles. The Labute approximate surface area is 175 Å². The monoisotopic (exact) mass is 478 g/mol. The molecular formula is C20H23IN4O2. The lowest BCUT2D eigenvalue weighted by Gasteiger charge is -2.26. The first kappa shape index (κ1) is 19.5. The molecule has 2 aliphatic heterocycles. The summed E-state index contributed by atoms with van der Waals surface area (Å²) in [5.74, 6) is 1.28. The van der Waals surface area contributed by atoms with Crippen molar-refractivity contribution in [1.29, 1.82) is 0 Å². The van der Waals surface area contributed by atoms with Crippen molar-refractivity contribution in [3.63, 3.8) is 0 Å². The molecule has 1 unspecified atom stereocenters. The predicted octanol–water partition coefficient (Wildman–Crippen LogP) is 2.52. The molecule has 0 saturated heterocycles. The second kappa shape index (κ2) is 8.60. The van der Waals surface area contributed by atoms with Gasteiger partial charge in [-0.1, -0.05) is 30.3 Å². The van der Waals surface area contributed by atoms with Crippen LogP contribution in [0.4, 0.5) is 0 Å². The maximum atomic E-state index is 12.0. The Balaban J connectivity index is 0.00000210. The van der Waals surface area contributed by atoms with Crippen molar-refractivity contribution in [3.05, 3.63) is 64.7 Å². The maximum Gasteiger partial charge on any atom is 0.251 e. The molecule has 2 aromatic rings. The lowest BCUT2D eigenvalue weighted by Crippen LogP contribution is -2.37. The molecule has 1 atom stereocenters. The van der Waals surface area contributed by atoms with Crippen molar-refractivity contribution in [2.45, 2.75) is 25.4 Å². The molecule has 0 radical (unpaired) electrons. The SMILES string of the molecule is I.NC(=NCc1ccc2c(c1)C(=O)NCC2)NC1CCOc2ccccc21. The van der Waals surface area contributed by atoms with Gasteiger partial charge in [0.05, 0.1) is 19.2 Å². The smallest absolute Gasteiger partial charge is 0.251 e. The minimum absolute atomic E-state index is 0. The summed E-state index contributed by atoms with van der Waals surface area (Å²) in [5.41, 5.74) is 10.00. The summed E-state index contributed by atoms with van der Waals surface area (Å²) < 4.78 is 5.67. The first-order valence-electron chi connectivity index (χ1n) is 8.89. The zero-order valence-corrected chi connectivity index (χ0v) is 17.2. The number of hydrogen-bond donors (Lipinski definition) is 3. The highest BCUT2D eigenvalue weighted by molar-refractivity contribution is 14.0. The summed E-state index contributed by atoms with van der Waals surface area (Å²) in [6, 6.07) is 14.0. The molecule has 0 bridgehead atoms. The van der Waals surface area contributed by atoms with E-state index < -0.39 is 0 Å². The van der Waals surface area contributed by atoms with E-state index in [0.29, 0.717) is 25.7 Å². The Morgan fingerprint density at radius 1 is 1.30 bits per heavy atom. The van der Waals surface area contributed by atoms with Gasteiger partial charge in [0.2, 0.25) is 0 Å². The van der Waals surface area contributed by atoms with Crippen molar-refractivity contribution < 1.29 is 9.53 Å². The van der Waals surface area contributed by atoms with Crippen LogP contribution in [-0.2, 0) is 13.0 Å². The van der Waals surface area contributed by atoms with Crippen LogP contribution in [0.5, 0.6) is 5.75 Å². The molecule has 0 aliphatic carbocycles. The number of amides is 1. The van der Waals surface area contributed by atoms with Crippen LogP contribution in [0, 0.1) is 0 Å². The Kier molecular flexibility index (Phi) is 6.20. The molecule has 0 saturated carbocycles. The fraction of sp³-hybridized carbons (Fsp3) is 0.300. The number of nitrogens with two attached hydrogens (primary N) is 1. The van der Waals surface area contributed by atoms with Gasteiger partial charge in [-0.3, -0.25) is 4.79 Å². The predicted molar refractivity (Wildman–Crippen MR) is 116 cm³/mol. The summed E-state index contributed by atoms with van der Waals surface area (Å²) in [7, 11) is 0. The summed E-state index contributed by atoms with van der Waals surface area (Å²) in [6.07, 6.45) is 1.71. The lowest BCUT2D eigenvalue weighted by atomic mass is 9.98. The zero-order valence-electron chi connectivity index (χ0n) is 14.9. The number of benzene rings is 2. The van der Waals surface area contributed by atoms with Crippen LogP contribution >= 0.6 is 24.0 Å². The number of rotatable bonds is 3. The van der Waals surface area contributed by atoms with Crippen molar-refractivity contribution in [2.75, 3.05) is 13.2 Å². The minimum Gasteiger partial charge on any atom is -0.493 e. The second-order valence-electron chi connectivity index (χ2n) is 6.57. The summed E-state index contributed by atoms with van der Waals surface area (Å²) in [4.78, 5) is 16.4. The highest BCUT2D eigenvalue weighted by Crippen LogP contribution is 2.31. The summed E-state index contributed by atoms with van der Waals surface area (Å²) in [6.45, 7) is 1.79. The third-order valence-electron chi connectivity index (χ3n) is 4.81. The van der Waals surface area contributed by atoms with Gasteiger partial charge in [-0.05, 0) is 29.7 Å². The standard InChI is InChI=1S/C20H22N4O2.HI/c21-20(24-17-8-10-26-18-4-2-1-3-15(17)18)23-12-13-5-6-14-7-9-22-19(25)16(14)11-13;/h1-6,11,17H,7-10,12H2,(H,22,25)(H3,21,23,24);1H. The largest absolute Gasteiger partial charge is 0.493 e. The Bertz CT molecular complexity index is 869. The molecule has 6 nitrogen and oxygen atoms in total. The minimum atomic E-state index is -0.0120. The molecule has 7 heteroatoms. The fourth-order valence-electron chi connectivity index (χ4n) is 3.45. The quantitative estimate of drug-likeness (QED) is 0.360. The zero-order chi connectivity index (χ0) is 17.9. The number of aliphatic imine (C=N–C) groups is 1.